The maximum atomic E-state index is 16.4. The van der Waals surface area contributed by atoms with Crippen molar-refractivity contribution in [3.05, 3.63) is 103 Å². The van der Waals surface area contributed by atoms with Crippen LogP contribution in [0.5, 0.6) is 0 Å². The molecule has 0 fully saturated rings. The van der Waals surface area contributed by atoms with E-state index in [0.717, 1.165) is 36.8 Å². The van der Waals surface area contributed by atoms with Crippen LogP contribution in [0, 0.1) is 23.3 Å². The Morgan fingerprint density at radius 2 is 1.08 bits per heavy atom. The molecule has 2 aromatic rings. The predicted molar refractivity (Wildman–Crippen MR) is 139 cm³/mol. The van der Waals surface area contributed by atoms with Gasteiger partial charge in [-0.05, 0) is 0 Å². The monoisotopic (exact) mass is 618 g/mol. The van der Waals surface area contributed by atoms with Gasteiger partial charge in [-0.3, -0.25) is 0 Å². The van der Waals surface area contributed by atoms with Gasteiger partial charge in [0.1, 0.15) is 0 Å². The Balaban J connectivity index is 2.08. The molecular formula is C26H26F4N2O4S2Ti. The van der Waals surface area contributed by atoms with Crippen LogP contribution in [0.2, 0.25) is 0 Å². The molecule has 0 aliphatic heterocycles. The molecule has 39 heavy (non-hydrogen) atoms. The summed E-state index contributed by atoms with van der Waals surface area (Å²) in [5.41, 5.74) is -0.360. The molecule has 208 valence electrons. The molecule has 0 heterocycles. The first-order chi connectivity index (χ1) is 18.3. The van der Waals surface area contributed by atoms with Crippen molar-refractivity contribution < 1.29 is 51.0 Å². The van der Waals surface area contributed by atoms with Crippen LogP contribution in [0.3, 0.4) is 0 Å². The van der Waals surface area contributed by atoms with E-state index in [1.165, 1.54) is 0 Å². The van der Waals surface area contributed by atoms with E-state index in [0.29, 0.717) is 7.76 Å². The molecule has 0 saturated heterocycles. The van der Waals surface area contributed by atoms with Gasteiger partial charge in [-0.25, -0.2) is 0 Å². The van der Waals surface area contributed by atoms with Gasteiger partial charge in [-0.15, -0.1) is 0 Å². The molecule has 0 saturated carbocycles. The van der Waals surface area contributed by atoms with Gasteiger partial charge in [0.15, 0.2) is 0 Å². The van der Waals surface area contributed by atoms with E-state index in [2.05, 4.69) is 9.44 Å². The summed E-state index contributed by atoms with van der Waals surface area (Å²) >= 11 is -5.11. The first kappa shape index (κ1) is 29.6. The number of benzene rings is 2. The molecule has 0 aromatic heterocycles. The van der Waals surface area contributed by atoms with Crippen LogP contribution >= 0.6 is 0 Å². The summed E-state index contributed by atoms with van der Waals surface area (Å²) in [5, 5.41) is 0. The number of sulfonamides is 2. The molecule has 0 amide bonds. The van der Waals surface area contributed by atoms with Gasteiger partial charge in [0.25, 0.3) is 0 Å². The number of halogens is 4. The first-order valence-corrected chi connectivity index (χ1v) is 18.7. The Morgan fingerprint density at radius 3 is 1.38 bits per heavy atom. The molecule has 2 aliphatic carbocycles. The van der Waals surface area contributed by atoms with E-state index in [1.807, 2.05) is 0 Å². The number of nitrogens with one attached hydrogen (secondary N) is 2. The molecule has 0 spiro atoms. The van der Waals surface area contributed by atoms with Crippen molar-refractivity contribution in [3.63, 3.8) is 0 Å². The molecule has 6 nitrogen and oxygen atoms in total. The summed E-state index contributed by atoms with van der Waals surface area (Å²) in [4.78, 5) is 0. The van der Waals surface area contributed by atoms with Crippen molar-refractivity contribution in [2.45, 2.75) is 25.9 Å². The first-order valence-electron chi connectivity index (χ1n) is 11.8. The third-order valence-corrected chi connectivity index (χ3v) is 15.9. The van der Waals surface area contributed by atoms with Gasteiger partial charge in [0, 0.05) is 0 Å². The summed E-state index contributed by atoms with van der Waals surface area (Å²) in [6.45, 7) is -0.984. The van der Waals surface area contributed by atoms with Crippen LogP contribution in [-0.2, 0) is 49.7 Å². The van der Waals surface area contributed by atoms with Crippen molar-refractivity contribution in [3.8, 4) is 0 Å². The van der Waals surface area contributed by atoms with E-state index in [4.69, 9.17) is 0 Å². The van der Waals surface area contributed by atoms with Gasteiger partial charge in [0.2, 0.25) is 0 Å². The topological polar surface area (TPSA) is 92.3 Å². The van der Waals surface area contributed by atoms with E-state index >= 15 is 17.6 Å². The van der Waals surface area contributed by atoms with Crippen LogP contribution in [0.1, 0.15) is 24.0 Å². The van der Waals surface area contributed by atoms with Gasteiger partial charge in [-0.2, -0.15) is 0 Å². The summed E-state index contributed by atoms with van der Waals surface area (Å²) in [5.74, 6) is -4.17. The third kappa shape index (κ3) is 6.06. The zero-order valence-electron chi connectivity index (χ0n) is 21.1. The maximum absolute atomic E-state index is 16.4. The van der Waals surface area contributed by atoms with Crippen molar-refractivity contribution in [2.75, 3.05) is 12.5 Å². The Bertz CT molecular complexity index is 1540. The average molecular weight is 618 g/mol. The van der Waals surface area contributed by atoms with Crippen LogP contribution < -0.4 is 17.2 Å². The molecule has 2 N–H and O–H groups in total. The SMILES string of the molecule is CS(=O)(=O)NCc1ccc(F)[c]([Ti]([C]2=CC=CC2)([C]2=CC=CC2)[c]2c(F)ccc(CNS(C)(=O)=O)c2F)c1F. The van der Waals surface area contributed by atoms with Gasteiger partial charge >= 0.3 is 230 Å². The van der Waals surface area contributed by atoms with Crippen LogP contribution in [0.4, 0.5) is 17.6 Å². The Kier molecular flexibility index (Phi) is 8.56. The van der Waals surface area contributed by atoms with Crippen molar-refractivity contribution in [1.29, 1.82) is 0 Å². The second kappa shape index (κ2) is 11.3. The summed E-state index contributed by atoms with van der Waals surface area (Å²) in [6.07, 6.45) is 12.2. The number of rotatable bonds is 10. The zero-order valence-corrected chi connectivity index (χ0v) is 24.3. The van der Waals surface area contributed by atoms with Crippen molar-refractivity contribution in [1.82, 2.24) is 9.44 Å². The quantitative estimate of drug-likeness (QED) is 0.317. The molecule has 0 bridgehead atoms. The van der Waals surface area contributed by atoms with Gasteiger partial charge < -0.3 is 0 Å². The second-order valence-electron chi connectivity index (χ2n) is 9.38. The fourth-order valence-electron chi connectivity index (χ4n) is 4.99. The fraction of sp³-hybridized carbons (Fsp3) is 0.231. The Morgan fingerprint density at radius 1 is 0.692 bits per heavy atom. The van der Waals surface area contributed by atoms with Gasteiger partial charge in [-0.1, -0.05) is 0 Å². The van der Waals surface area contributed by atoms with Crippen molar-refractivity contribution >= 4 is 27.8 Å². The molecule has 0 unspecified atom stereocenters. The van der Waals surface area contributed by atoms with E-state index in [9.17, 15) is 16.8 Å². The van der Waals surface area contributed by atoms with E-state index in [-0.39, 0.29) is 24.0 Å². The summed E-state index contributed by atoms with van der Waals surface area (Å²) in [6, 6.07) is 4.16. The van der Waals surface area contributed by atoms with Crippen LogP contribution in [0.15, 0.2) is 68.5 Å². The van der Waals surface area contributed by atoms with Crippen LogP contribution in [0.25, 0.3) is 0 Å². The molecule has 4 rings (SSSR count). The Hall–Kier alpha value is -2.35. The number of hydrogen-bond acceptors (Lipinski definition) is 4. The van der Waals surface area contributed by atoms with Crippen molar-refractivity contribution in [2.24, 2.45) is 0 Å². The molecular weight excluding hydrogens is 592 g/mol. The normalized spacial score (nSPS) is 15.6. The average Bonchev–Trinajstić information content (AvgIpc) is 3.56. The molecule has 0 atom stereocenters. The standard InChI is InChI=1S/2C8H8F2NO2S.2C5H5.Ti/c2*1-14(12,13)11-5-6-2-3-7(9)4-8(6)10;2*1-2-4-5-3-1;/h2*2-3,11H,5H2,1H3;2*1-3H,4H2;. The second-order valence-corrected chi connectivity index (χ2v) is 19.0. The predicted octanol–water partition coefficient (Wildman–Crippen LogP) is 3.13. The van der Waals surface area contributed by atoms with Crippen LogP contribution in [-0.4, -0.2) is 29.3 Å². The molecule has 2 aromatic carbocycles. The third-order valence-electron chi connectivity index (χ3n) is 6.65. The molecule has 2 aliphatic rings. The summed E-state index contributed by atoms with van der Waals surface area (Å²) < 4.78 is 116. The fourth-order valence-corrected chi connectivity index (χ4v) is 14.2. The molecule has 13 heteroatoms. The summed E-state index contributed by atoms with van der Waals surface area (Å²) in [7, 11) is -7.46. The number of hydrogen-bond donors (Lipinski definition) is 2. The van der Waals surface area contributed by atoms with Gasteiger partial charge in [0.05, 0.1) is 0 Å². The minimum atomic E-state index is -5.11. The van der Waals surface area contributed by atoms with E-state index in [1.54, 1.807) is 36.5 Å². The molecule has 0 radical (unpaired) electrons. The number of allylic oxidation sites excluding steroid dienone is 8. The minimum absolute atomic E-state index is 0.180. The van der Waals surface area contributed by atoms with E-state index < -0.39 is 80.7 Å². The Labute approximate surface area is 228 Å². The zero-order chi connectivity index (χ0) is 28.6.